The number of likely N-dealkylation sites (tertiary alicyclic amines) is 1. The van der Waals surface area contributed by atoms with E-state index >= 15 is 0 Å². The molecule has 112 valence electrons. The number of amides is 2. The standard InChI is InChI=1S/C16H21N3O2/c17-15(20)9-11-4-7-19(8-5-11)16(21)13-1-2-14-12(10-13)3-6-18-14/h1-2,10-11,18H,3-9H2,(H2,17,20). The summed E-state index contributed by atoms with van der Waals surface area (Å²) >= 11 is 0. The Kier molecular flexibility index (Phi) is 3.82. The van der Waals surface area contributed by atoms with Crippen LogP contribution < -0.4 is 11.1 Å². The van der Waals surface area contributed by atoms with Crippen LogP contribution in [0.4, 0.5) is 5.69 Å². The van der Waals surface area contributed by atoms with Gasteiger partial charge in [0.1, 0.15) is 0 Å². The molecule has 21 heavy (non-hydrogen) atoms. The van der Waals surface area contributed by atoms with E-state index in [-0.39, 0.29) is 11.8 Å². The molecule has 0 radical (unpaired) electrons. The second kappa shape index (κ2) is 5.76. The third kappa shape index (κ3) is 3.01. The van der Waals surface area contributed by atoms with Crippen LogP contribution in [-0.2, 0) is 11.2 Å². The van der Waals surface area contributed by atoms with E-state index in [1.165, 1.54) is 5.56 Å². The van der Waals surface area contributed by atoms with Crippen LogP contribution in [0.5, 0.6) is 0 Å². The Balaban J connectivity index is 1.63. The molecule has 3 N–H and O–H groups in total. The lowest BCUT2D eigenvalue weighted by molar-refractivity contribution is -0.119. The second-order valence-electron chi connectivity index (χ2n) is 5.95. The number of carbonyl (C=O) groups excluding carboxylic acids is 2. The van der Waals surface area contributed by atoms with E-state index in [1.807, 2.05) is 23.1 Å². The van der Waals surface area contributed by atoms with Crippen LogP contribution in [0, 0.1) is 5.92 Å². The summed E-state index contributed by atoms with van der Waals surface area (Å²) in [7, 11) is 0. The highest BCUT2D eigenvalue weighted by Gasteiger charge is 2.25. The van der Waals surface area contributed by atoms with Crippen molar-refractivity contribution < 1.29 is 9.59 Å². The smallest absolute Gasteiger partial charge is 0.253 e. The largest absolute Gasteiger partial charge is 0.384 e. The number of piperidine rings is 1. The first-order valence-corrected chi connectivity index (χ1v) is 7.58. The van der Waals surface area contributed by atoms with E-state index in [2.05, 4.69) is 5.32 Å². The van der Waals surface area contributed by atoms with Crippen molar-refractivity contribution in [2.24, 2.45) is 11.7 Å². The number of hydrogen-bond acceptors (Lipinski definition) is 3. The number of nitrogens with one attached hydrogen (secondary N) is 1. The third-order valence-electron chi connectivity index (χ3n) is 4.45. The highest BCUT2D eigenvalue weighted by Crippen LogP contribution is 2.25. The van der Waals surface area contributed by atoms with Crippen molar-refractivity contribution in [3.63, 3.8) is 0 Å². The van der Waals surface area contributed by atoms with Gasteiger partial charge in [0.25, 0.3) is 5.91 Å². The summed E-state index contributed by atoms with van der Waals surface area (Å²) in [4.78, 5) is 25.4. The maximum Gasteiger partial charge on any atom is 0.253 e. The zero-order valence-corrected chi connectivity index (χ0v) is 12.1. The van der Waals surface area contributed by atoms with E-state index in [4.69, 9.17) is 5.73 Å². The van der Waals surface area contributed by atoms with Gasteiger partial charge in [-0.05, 0) is 48.9 Å². The van der Waals surface area contributed by atoms with Gasteiger partial charge in [0.15, 0.2) is 0 Å². The Labute approximate surface area is 124 Å². The Bertz CT molecular complexity index is 563. The maximum absolute atomic E-state index is 12.5. The number of primary amides is 1. The predicted octanol–water partition coefficient (Wildman–Crippen LogP) is 1.38. The highest BCUT2D eigenvalue weighted by atomic mass is 16.2. The zero-order chi connectivity index (χ0) is 14.8. The molecule has 0 bridgehead atoms. The number of nitrogens with two attached hydrogens (primary N) is 1. The van der Waals surface area contributed by atoms with Crippen LogP contribution in [0.3, 0.4) is 0 Å². The molecule has 0 spiro atoms. The van der Waals surface area contributed by atoms with Crippen molar-refractivity contribution in [1.29, 1.82) is 0 Å². The van der Waals surface area contributed by atoms with Crippen LogP contribution in [0.15, 0.2) is 18.2 Å². The fraction of sp³-hybridized carbons (Fsp3) is 0.500. The first kappa shape index (κ1) is 13.9. The monoisotopic (exact) mass is 287 g/mol. The second-order valence-corrected chi connectivity index (χ2v) is 5.95. The normalized spacial score (nSPS) is 18.2. The molecular formula is C16H21N3O2. The lowest BCUT2D eigenvalue weighted by Crippen LogP contribution is -2.39. The first-order valence-electron chi connectivity index (χ1n) is 7.58. The number of nitrogens with zero attached hydrogens (tertiary/aromatic N) is 1. The molecule has 0 saturated carbocycles. The van der Waals surface area contributed by atoms with Crippen LogP contribution in [0.25, 0.3) is 0 Å². The molecule has 5 nitrogen and oxygen atoms in total. The minimum Gasteiger partial charge on any atom is -0.384 e. The molecule has 2 aliphatic heterocycles. The Morgan fingerprint density at radius 3 is 2.76 bits per heavy atom. The molecule has 1 aromatic carbocycles. The number of rotatable bonds is 3. The van der Waals surface area contributed by atoms with Gasteiger partial charge in [-0.1, -0.05) is 0 Å². The fourth-order valence-corrected chi connectivity index (χ4v) is 3.25. The van der Waals surface area contributed by atoms with Gasteiger partial charge in [-0.25, -0.2) is 0 Å². The Morgan fingerprint density at radius 1 is 1.29 bits per heavy atom. The summed E-state index contributed by atoms with van der Waals surface area (Å²) in [6.07, 6.45) is 3.14. The topological polar surface area (TPSA) is 75.4 Å². The van der Waals surface area contributed by atoms with Gasteiger partial charge >= 0.3 is 0 Å². The summed E-state index contributed by atoms with van der Waals surface area (Å²) < 4.78 is 0. The SMILES string of the molecule is NC(=O)CC1CCN(C(=O)c2ccc3c(c2)CCN3)CC1. The van der Waals surface area contributed by atoms with Gasteiger partial charge in [-0.3, -0.25) is 9.59 Å². The zero-order valence-electron chi connectivity index (χ0n) is 12.1. The van der Waals surface area contributed by atoms with Gasteiger partial charge in [-0.15, -0.1) is 0 Å². The van der Waals surface area contributed by atoms with Crippen molar-refractivity contribution in [3.05, 3.63) is 29.3 Å². The minimum absolute atomic E-state index is 0.0993. The van der Waals surface area contributed by atoms with E-state index in [0.717, 1.165) is 37.1 Å². The molecule has 0 atom stereocenters. The average molecular weight is 287 g/mol. The van der Waals surface area contributed by atoms with Crippen LogP contribution in [0.2, 0.25) is 0 Å². The molecule has 0 aliphatic carbocycles. The van der Waals surface area contributed by atoms with Crippen molar-refractivity contribution in [3.8, 4) is 0 Å². The van der Waals surface area contributed by atoms with Gasteiger partial charge in [-0.2, -0.15) is 0 Å². The van der Waals surface area contributed by atoms with Crippen molar-refractivity contribution in [2.75, 3.05) is 25.0 Å². The van der Waals surface area contributed by atoms with Crippen molar-refractivity contribution >= 4 is 17.5 Å². The first-order chi connectivity index (χ1) is 10.1. The predicted molar refractivity (Wildman–Crippen MR) is 81.1 cm³/mol. The number of anilines is 1. The number of hydrogen-bond donors (Lipinski definition) is 2. The molecule has 0 unspecified atom stereocenters. The molecular weight excluding hydrogens is 266 g/mol. The summed E-state index contributed by atoms with van der Waals surface area (Å²) in [6.45, 7) is 2.38. The van der Waals surface area contributed by atoms with Crippen LogP contribution in [0.1, 0.15) is 35.2 Å². The molecule has 1 fully saturated rings. The van der Waals surface area contributed by atoms with Crippen LogP contribution in [-0.4, -0.2) is 36.3 Å². The molecule has 3 rings (SSSR count). The number of benzene rings is 1. The van der Waals surface area contributed by atoms with Gasteiger partial charge in [0.05, 0.1) is 0 Å². The fourth-order valence-electron chi connectivity index (χ4n) is 3.25. The summed E-state index contributed by atoms with van der Waals surface area (Å²) in [6, 6.07) is 5.90. The highest BCUT2D eigenvalue weighted by molar-refractivity contribution is 5.95. The van der Waals surface area contributed by atoms with Gasteiger partial charge in [0.2, 0.25) is 5.91 Å². The van der Waals surface area contributed by atoms with Gasteiger partial charge < -0.3 is 16.0 Å². The Morgan fingerprint density at radius 2 is 2.05 bits per heavy atom. The van der Waals surface area contributed by atoms with Gasteiger partial charge in [0, 0.05) is 37.3 Å². The molecule has 2 amide bonds. The quantitative estimate of drug-likeness (QED) is 0.882. The van der Waals surface area contributed by atoms with E-state index in [9.17, 15) is 9.59 Å². The van der Waals surface area contributed by atoms with Crippen LogP contribution >= 0.6 is 0 Å². The van der Waals surface area contributed by atoms with E-state index in [1.54, 1.807) is 0 Å². The van der Waals surface area contributed by atoms with Crippen molar-refractivity contribution in [2.45, 2.75) is 25.7 Å². The molecule has 0 aromatic heterocycles. The average Bonchev–Trinajstić information content (AvgIpc) is 2.94. The number of fused-ring (bicyclic) bond motifs is 1. The molecule has 5 heteroatoms. The molecule has 1 aromatic rings. The summed E-state index contributed by atoms with van der Waals surface area (Å²) in [5.74, 6) is 0.184. The van der Waals surface area contributed by atoms with E-state index < -0.39 is 0 Å². The maximum atomic E-state index is 12.5. The lowest BCUT2D eigenvalue weighted by Gasteiger charge is -2.31. The van der Waals surface area contributed by atoms with Crippen molar-refractivity contribution in [1.82, 2.24) is 4.90 Å². The summed E-state index contributed by atoms with van der Waals surface area (Å²) in [5.41, 5.74) is 8.38. The third-order valence-corrected chi connectivity index (χ3v) is 4.45. The number of carbonyl (C=O) groups is 2. The van der Waals surface area contributed by atoms with E-state index in [0.29, 0.717) is 25.4 Å². The lowest BCUT2D eigenvalue weighted by atomic mass is 9.93. The molecule has 1 saturated heterocycles. The molecule has 2 aliphatic rings. The molecule has 2 heterocycles. The summed E-state index contributed by atoms with van der Waals surface area (Å²) in [5, 5.41) is 3.30. The Hall–Kier alpha value is -2.04. The minimum atomic E-state index is -0.245.